The van der Waals surface area contributed by atoms with Gasteiger partial charge in [-0.3, -0.25) is 9.69 Å². The molecule has 1 amide bonds. The van der Waals surface area contributed by atoms with Crippen molar-refractivity contribution in [3.05, 3.63) is 89.7 Å². The SMILES string of the molecule is COC(=O)c1ccc(N2CCN(Cc3ccccc3)CC2)c(NC(=O)COc2ccccc2F)c1. The number of rotatable bonds is 8. The van der Waals surface area contributed by atoms with Gasteiger partial charge in [0.15, 0.2) is 18.2 Å². The maximum atomic E-state index is 13.8. The number of halogens is 1. The van der Waals surface area contributed by atoms with Crippen LogP contribution in [0.1, 0.15) is 15.9 Å². The Labute approximate surface area is 204 Å². The van der Waals surface area contributed by atoms with Gasteiger partial charge in [-0.15, -0.1) is 0 Å². The Morgan fingerprint density at radius 2 is 1.66 bits per heavy atom. The number of carbonyl (C=O) groups excluding carboxylic acids is 2. The van der Waals surface area contributed by atoms with Gasteiger partial charge in [0, 0.05) is 32.7 Å². The molecule has 0 spiro atoms. The van der Waals surface area contributed by atoms with Crippen LogP contribution >= 0.6 is 0 Å². The third-order valence-electron chi connectivity index (χ3n) is 5.85. The van der Waals surface area contributed by atoms with Crippen LogP contribution in [0.5, 0.6) is 5.75 Å². The van der Waals surface area contributed by atoms with Crippen molar-refractivity contribution in [3.8, 4) is 5.75 Å². The summed E-state index contributed by atoms with van der Waals surface area (Å²) in [5.41, 5.74) is 2.87. The Kier molecular flexibility index (Phi) is 7.95. The number of methoxy groups -OCH3 is 1. The molecule has 1 aliphatic rings. The van der Waals surface area contributed by atoms with Crippen molar-refractivity contribution in [2.45, 2.75) is 6.54 Å². The summed E-state index contributed by atoms with van der Waals surface area (Å²) < 4.78 is 24.0. The number of nitrogens with one attached hydrogen (secondary N) is 1. The van der Waals surface area contributed by atoms with E-state index in [-0.39, 0.29) is 12.4 Å². The van der Waals surface area contributed by atoms with E-state index in [0.717, 1.165) is 38.4 Å². The standard InChI is InChI=1S/C27H28FN3O4/c1-34-27(33)21-11-12-24(31-15-13-30(14-16-31)18-20-7-3-2-4-8-20)23(17-21)29-26(32)19-35-25-10-6-5-9-22(25)28/h2-12,17H,13-16,18-19H2,1H3,(H,29,32). The number of carbonyl (C=O) groups is 2. The molecule has 0 saturated carbocycles. The van der Waals surface area contributed by atoms with Crippen LogP contribution in [0, 0.1) is 5.82 Å². The number of benzene rings is 3. The molecule has 3 aromatic carbocycles. The molecule has 1 heterocycles. The topological polar surface area (TPSA) is 71.1 Å². The summed E-state index contributed by atoms with van der Waals surface area (Å²) in [6, 6.07) is 21.3. The summed E-state index contributed by atoms with van der Waals surface area (Å²) >= 11 is 0. The van der Waals surface area contributed by atoms with E-state index in [0.29, 0.717) is 11.3 Å². The van der Waals surface area contributed by atoms with E-state index in [1.54, 1.807) is 24.3 Å². The molecule has 1 N–H and O–H groups in total. The number of amides is 1. The van der Waals surface area contributed by atoms with Gasteiger partial charge in [0.2, 0.25) is 0 Å². The molecule has 0 unspecified atom stereocenters. The molecule has 1 fully saturated rings. The summed E-state index contributed by atoms with van der Waals surface area (Å²) in [6.45, 7) is 3.76. The zero-order valence-electron chi connectivity index (χ0n) is 19.6. The predicted molar refractivity (Wildman–Crippen MR) is 132 cm³/mol. The number of ether oxygens (including phenoxy) is 2. The number of hydrogen-bond acceptors (Lipinski definition) is 6. The molecule has 8 heteroatoms. The maximum absolute atomic E-state index is 13.8. The van der Waals surface area contributed by atoms with Crippen LogP contribution in [0.3, 0.4) is 0 Å². The number of esters is 1. The molecule has 0 aliphatic carbocycles. The normalized spacial score (nSPS) is 13.8. The van der Waals surface area contributed by atoms with E-state index < -0.39 is 17.7 Å². The monoisotopic (exact) mass is 477 g/mol. The Morgan fingerprint density at radius 1 is 0.943 bits per heavy atom. The Balaban J connectivity index is 1.44. The average Bonchev–Trinajstić information content (AvgIpc) is 2.89. The van der Waals surface area contributed by atoms with Crippen molar-refractivity contribution in [1.82, 2.24) is 4.90 Å². The summed E-state index contributed by atoms with van der Waals surface area (Å²) in [4.78, 5) is 29.3. The lowest BCUT2D eigenvalue weighted by Crippen LogP contribution is -2.46. The van der Waals surface area contributed by atoms with Gasteiger partial charge in [-0.05, 0) is 35.9 Å². The van der Waals surface area contributed by atoms with Gasteiger partial charge in [0.05, 0.1) is 24.0 Å². The molecule has 1 aliphatic heterocycles. The Morgan fingerprint density at radius 3 is 2.37 bits per heavy atom. The fourth-order valence-electron chi connectivity index (χ4n) is 4.04. The second-order valence-electron chi connectivity index (χ2n) is 8.24. The van der Waals surface area contributed by atoms with Gasteiger partial charge in [-0.25, -0.2) is 9.18 Å². The minimum atomic E-state index is -0.540. The van der Waals surface area contributed by atoms with Gasteiger partial charge < -0.3 is 19.7 Å². The molecule has 35 heavy (non-hydrogen) atoms. The molecule has 0 bridgehead atoms. The highest BCUT2D eigenvalue weighted by atomic mass is 19.1. The smallest absolute Gasteiger partial charge is 0.337 e. The van der Waals surface area contributed by atoms with E-state index in [2.05, 4.69) is 27.2 Å². The molecule has 182 valence electrons. The van der Waals surface area contributed by atoms with Crippen LogP contribution in [0.25, 0.3) is 0 Å². The van der Waals surface area contributed by atoms with E-state index >= 15 is 0 Å². The highest BCUT2D eigenvalue weighted by molar-refractivity contribution is 5.98. The summed E-state index contributed by atoms with van der Waals surface area (Å²) in [5, 5.41) is 2.82. The Hall–Kier alpha value is -3.91. The molecule has 3 aromatic rings. The van der Waals surface area contributed by atoms with E-state index in [1.807, 2.05) is 24.3 Å². The molecular formula is C27H28FN3O4. The highest BCUT2D eigenvalue weighted by Crippen LogP contribution is 2.29. The van der Waals surface area contributed by atoms with Gasteiger partial charge in [0.1, 0.15) is 0 Å². The number of hydrogen-bond donors (Lipinski definition) is 1. The first-order valence-corrected chi connectivity index (χ1v) is 11.4. The van der Waals surface area contributed by atoms with Crippen LogP contribution < -0.4 is 15.0 Å². The number of nitrogens with zero attached hydrogens (tertiary/aromatic N) is 2. The van der Waals surface area contributed by atoms with Gasteiger partial charge >= 0.3 is 5.97 Å². The first-order chi connectivity index (χ1) is 17.0. The molecular weight excluding hydrogens is 449 g/mol. The van der Waals surface area contributed by atoms with Crippen LogP contribution in [-0.4, -0.2) is 56.7 Å². The third kappa shape index (κ3) is 6.36. The second-order valence-corrected chi connectivity index (χ2v) is 8.24. The van der Waals surface area contributed by atoms with Crippen molar-refractivity contribution in [1.29, 1.82) is 0 Å². The van der Waals surface area contributed by atoms with Crippen LogP contribution in [0.4, 0.5) is 15.8 Å². The number of piperazine rings is 1. The lowest BCUT2D eigenvalue weighted by Gasteiger charge is -2.37. The summed E-state index contributed by atoms with van der Waals surface area (Å²) in [6.07, 6.45) is 0. The first-order valence-electron chi connectivity index (χ1n) is 11.4. The first kappa shape index (κ1) is 24.2. The van der Waals surface area contributed by atoms with Gasteiger partial charge in [0.25, 0.3) is 5.91 Å². The zero-order chi connectivity index (χ0) is 24.6. The Bertz CT molecular complexity index is 1160. The average molecular weight is 478 g/mol. The minimum absolute atomic E-state index is 0.000669. The largest absolute Gasteiger partial charge is 0.481 e. The molecule has 0 radical (unpaired) electrons. The molecule has 4 rings (SSSR count). The molecule has 1 saturated heterocycles. The van der Waals surface area contributed by atoms with E-state index in [9.17, 15) is 14.0 Å². The quantitative estimate of drug-likeness (QED) is 0.496. The van der Waals surface area contributed by atoms with Crippen molar-refractivity contribution < 1.29 is 23.5 Å². The number of para-hydroxylation sites is 1. The maximum Gasteiger partial charge on any atom is 0.337 e. The second kappa shape index (κ2) is 11.5. The molecule has 0 aromatic heterocycles. The zero-order valence-corrected chi connectivity index (χ0v) is 19.6. The van der Waals surface area contributed by atoms with Crippen molar-refractivity contribution in [2.75, 3.05) is 50.1 Å². The summed E-state index contributed by atoms with van der Waals surface area (Å²) in [7, 11) is 1.31. The summed E-state index contributed by atoms with van der Waals surface area (Å²) in [5.74, 6) is -1.50. The highest BCUT2D eigenvalue weighted by Gasteiger charge is 2.22. The number of anilines is 2. The van der Waals surface area contributed by atoms with E-state index in [1.165, 1.54) is 24.8 Å². The fraction of sp³-hybridized carbons (Fsp3) is 0.259. The molecule has 7 nitrogen and oxygen atoms in total. The van der Waals surface area contributed by atoms with Crippen molar-refractivity contribution in [3.63, 3.8) is 0 Å². The van der Waals surface area contributed by atoms with Gasteiger partial charge in [-0.1, -0.05) is 42.5 Å². The van der Waals surface area contributed by atoms with E-state index in [4.69, 9.17) is 9.47 Å². The lowest BCUT2D eigenvalue weighted by molar-refractivity contribution is -0.118. The van der Waals surface area contributed by atoms with Crippen LogP contribution in [0.15, 0.2) is 72.8 Å². The van der Waals surface area contributed by atoms with Crippen LogP contribution in [0.2, 0.25) is 0 Å². The van der Waals surface area contributed by atoms with Crippen molar-refractivity contribution in [2.24, 2.45) is 0 Å². The molecule has 0 atom stereocenters. The third-order valence-corrected chi connectivity index (χ3v) is 5.85. The van der Waals surface area contributed by atoms with Crippen molar-refractivity contribution >= 4 is 23.3 Å². The lowest BCUT2D eigenvalue weighted by atomic mass is 10.1. The predicted octanol–water partition coefficient (Wildman–Crippen LogP) is 3.95. The fourth-order valence-corrected chi connectivity index (χ4v) is 4.04. The van der Waals surface area contributed by atoms with Crippen LogP contribution in [-0.2, 0) is 16.1 Å². The van der Waals surface area contributed by atoms with Gasteiger partial charge in [-0.2, -0.15) is 0 Å². The minimum Gasteiger partial charge on any atom is -0.481 e.